The van der Waals surface area contributed by atoms with Gasteiger partial charge in [-0.2, -0.15) is 0 Å². The van der Waals surface area contributed by atoms with Gasteiger partial charge in [0.1, 0.15) is 0 Å². The molecule has 0 radical (unpaired) electrons. The third-order valence-corrected chi connectivity index (χ3v) is 4.26. The average molecular weight is 289 g/mol. The van der Waals surface area contributed by atoms with Crippen molar-refractivity contribution in [3.8, 4) is 0 Å². The van der Waals surface area contributed by atoms with Crippen LogP contribution >= 0.6 is 0 Å². The summed E-state index contributed by atoms with van der Waals surface area (Å²) < 4.78 is 0. The molecule has 0 aromatic heterocycles. The van der Waals surface area contributed by atoms with Gasteiger partial charge in [0, 0.05) is 37.4 Å². The minimum atomic E-state index is 0.135. The van der Waals surface area contributed by atoms with Gasteiger partial charge in [0.05, 0.1) is 0 Å². The first kappa shape index (κ1) is 15.8. The van der Waals surface area contributed by atoms with Crippen LogP contribution in [0.25, 0.3) is 0 Å². The van der Waals surface area contributed by atoms with Gasteiger partial charge in [-0.25, -0.2) is 0 Å². The fraction of sp³-hybridized carbons (Fsp3) is 0.588. The molecule has 0 saturated carbocycles. The van der Waals surface area contributed by atoms with E-state index in [1.807, 2.05) is 17.0 Å². The summed E-state index contributed by atoms with van der Waals surface area (Å²) in [6, 6.07) is 8.02. The van der Waals surface area contributed by atoms with Gasteiger partial charge in [-0.05, 0) is 56.5 Å². The van der Waals surface area contributed by atoms with Crippen molar-refractivity contribution in [3.05, 3.63) is 29.8 Å². The van der Waals surface area contributed by atoms with E-state index in [1.165, 1.54) is 5.69 Å². The first-order valence-electron chi connectivity index (χ1n) is 8.03. The molecular formula is C17H27N3O. The molecule has 1 aliphatic heterocycles. The number of hydrogen-bond donors (Lipinski definition) is 1. The Morgan fingerprint density at radius 2 is 2.05 bits per heavy atom. The van der Waals surface area contributed by atoms with Crippen LogP contribution in [-0.2, 0) is 0 Å². The van der Waals surface area contributed by atoms with Crippen LogP contribution in [0.1, 0.15) is 37.0 Å². The van der Waals surface area contributed by atoms with Gasteiger partial charge in [-0.3, -0.25) is 4.79 Å². The van der Waals surface area contributed by atoms with Crippen molar-refractivity contribution >= 4 is 11.6 Å². The van der Waals surface area contributed by atoms with Gasteiger partial charge < -0.3 is 15.5 Å². The van der Waals surface area contributed by atoms with Crippen molar-refractivity contribution in [2.24, 2.45) is 11.7 Å². The van der Waals surface area contributed by atoms with Gasteiger partial charge in [0.2, 0.25) is 0 Å². The van der Waals surface area contributed by atoms with E-state index < -0.39 is 0 Å². The van der Waals surface area contributed by atoms with E-state index in [4.69, 9.17) is 5.73 Å². The summed E-state index contributed by atoms with van der Waals surface area (Å²) in [5, 5.41) is 0. The molecule has 1 aromatic rings. The molecule has 4 nitrogen and oxygen atoms in total. The van der Waals surface area contributed by atoms with Crippen molar-refractivity contribution < 1.29 is 4.79 Å². The van der Waals surface area contributed by atoms with Gasteiger partial charge in [0.25, 0.3) is 5.91 Å². The summed E-state index contributed by atoms with van der Waals surface area (Å²) in [6.45, 7) is 8.69. The predicted octanol–water partition coefficient (Wildman–Crippen LogP) is 2.34. The molecule has 1 saturated heterocycles. The Kier molecular flexibility index (Phi) is 5.62. The number of rotatable bonds is 6. The predicted molar refractivity (Wildman–Crippen MR) is 87.7 cm³/mol. The lowest BCUT2D eigenvalue weighted by molar-refractivity contribution is 0.0787. The zero-order valence-electron chi connectivity index (χ0n) is 13.2. The maximum atomic E-state index is 12.5. The second-order valence-electron chi connectivity index (χ2n) is 5.77. The number of benzene rings is 1. The molecule has 1 atom stereocenters. The smallest absolute Gasteiger partial charge is 0.253 e. The van der Waals surface area contributed by atoms with Crippen LogP contribution in [-0.4, -0.2) is 43.5 Å². The molecule has 0 bridgehead atoms. The summed E-state index contributed by atoms with van der Waals surface area (Å²) in [5.74, 6) is 0.601. The van der Waals surface area contributed by atoms with Gasteiger partial charge in [-0.1, -0.05) is 6.92 Å². The third-order valence-electron chi connectivity index (χ3n) is 4.26. The molecule has 1 heterocycles. The molecule has 1 aliphatic rings. The number of carbonyl (C=O) groups excluding carboxylic acids is 1. The lowest BCUT2D eigenvalue weighted by Gasteiger charge is -2.23. The molecule has 1 amide bonds. The summed E-state index contributed by atoms with van der Waals surface area (Å²) in [4.78, 5) is 16.7. The molecule has 1 fully saturated rings. The first-order valence-corrected chi connectivity index (χ1v) is 8.03. The van der Waals surface area contributed by atoms with E-state index in [0.29, 0.717) is 12.5 Å². The van der Waals surface area contributed by atoms with Crippen LogP contribution in [0.3, 0.4) is 0 Å². The zero-order valence-corrected chi connectivity index (χ0v) is 13.2. The van der Waals surface area contributed by atoms with Crippen LogP contribution in [0.5, 0.6) is 0 Å². The number of nitrogens with zero attached hydrogens (tertiary/aromatic N) is 2. The number of hydrogen-bond acceptors (Lipinski definition) is 3. The Morgan fingerprint density at radius 3 is 2.57 bits per heavy atom. The monoisotopic (exact) mass is 289 g/mol. The van der Waals surface area contributed by atoms with E-state index in [0.717, 1.165) is 44.6 Å². The minimum Gasteiger partial charge on any atom is -0.372 e. The number of amides is 1. The Morgan fingerprint density at radius 1 is 1.33 bits per heavy atom. The lowest BCUT2D eigenvalue weighted by Crippen LogP contribution is -2.30. The quantitative estimate of drug-likeness (QED) is 0.874. The number of anilines is 1. The molecule has 2 N–H and O–H groups in total. The molecule has 4 heteroatoms. The lowest BCUT2D eigenvalue weighted by atomic mass is 10.1. The number of likely N-dealkylation sites (tertiary alicyclic amines) is 1. The van der Waals surface area contributed by atoms with Crippen molar-refractivity contribution in [1.29, 1.82) is 0 Å². The van der Waals surface area contributed by atoms with Gasteiger partial charge >= 0.3 is 0 Å². The first-order chi connectivity index (χ1) is 10.2. The highest BCUT2D eigenvalue weighted by Gasteiger charge is 2.25. The molecule has 116 valence electrons. The van der Waals surface area contributed by atoms with Crippen LogP contribution in [0, 0.1) is 5.92 Å². The molecule has 21 heavy (non-hydrogen) atoms. The molecule has 1 unspecified atom stereocenters. The fourth-order valence-corrected chi connectivity index (χ4v) is 2.95. The zero-order chi connectivity index (χ0) is 15.2. The van der Waals surface area contributed by atoms with Crippen molar-refractivity contribution in [2.75, 3.05) is 37.6 Å². The van der Waals surface area contributed by atoms with E-state index in [9.17, 15) is 4.79 Å². The SMILES string of the molecule is CCCN(CC)c1ccc(C(=O)N2CCC(CN)C2)cc1. The normalized spacial score (nSPS) is 18.0. The summed E-state index contributed by atoms with van der Waals surface area (Å²) in [5.41, 5.74) is 7.66. The fourth-order valence-electron chi connectivity index (χ4n) is 2.95. The second-order valence-corrected chi connectivity index (χ2v) is 5.77. The molecule has 0 spiro atoms. The maximum Gasteiger partial charge on any atom is 0.253 e. The van der Waals surface area contributed by atoms with Crippen LogP contribution in [0.2, 0.25) is 0 Å². The molecule has 1 aromatic carbocycles. The Hall–Kier alpha value is -1.55. The average Bonchev–Trinajstić information content (AvgIpc) is 3.01. The highest BCUT2D eigenvalue weighted by Crippen LogP contribution is 2.20. The Balaban J connectivity index is 2.03. The van der Waals surface area contributed by atoms with E-state index in [1.54, 1.807) is 0 Å². The minimum absolute atomic E-state index is 0.135. The van der Waals surface area contributed by atoms with Crippen molar-refractivity contribution in [2.45, 2.75) is 26.7 Å². The van der Waals surface area contributed by atoms with Crippen LogP contribution in [0.4, 0.5) is 5.69 Å². The standard InChI is InChI=1S/C17H27N3O/c1-3-10-19(4-2)16-7-5-15(6-8-16)17(21)20-11-9-14(12-18)13-20/h5-8,14H,3-4,9-13,18H2,1-2H3. The number of carbonyl (C=O) groups is 1. The maximum absolute atomic E-state index is 12.5. The third kappa shape index (κ3) is 3.76. The highest BCUT2D eigenvalue weighted by atomic mass is 16.2. The molecular weight excluding hydrogens is 262 g/mol. The molecule has 2 rings (SSSR count). The molecule has 0 aliphatic carbocycles. The van der Waals surface area contributed by atoms with Crippen molar-refractivity contribution in [1.82, 2.24) is 4.90 Å². The Labute approximate surface area is 127 Å². The van der Waals surface area contributed by atoms with E-state index >= 15 is 0 Å². The van der Waals surface area contributed by atoms with Gasteiger partial charge in [0.15, 0.2) is 0 Å². The summed E-state index contributed by atoms with van der Waals surface area (Å²) >= 11 is 0. The Bertz CT molecular complexity index is 458. The largest absolute Gasteiger partial charge is 0.372 e. The summed E-state index contributed by atoms with van der Waals surface area (Å²) in [6.07, 6.45) is 2.16. The van der Waals surface area contributed by atoms with Gasteiger partial charge in [-0.15, -0.1) is 0 Å². The van der Waals surface area contributed by atoms with E-state index in [-0.39, 0.29) is 5.91 Å². The topological polar surface area (TPSA) is 49.6 Å². The van der Waals surface area contributed by atoms with Crippen LogP contribution in [0.15, 0.2) is 24.3 Å². The second kappa shape index (κ2) is 7.46. The summed E-state index contributed by atoms with van der Waals surface area (Å²) in [7, 11) is 0. The number of nitrogens with two attached hydrogens (primary N) is 1. The van der Waals surface area contributed by atoms with Crippen LogP contribution < -0.4 is 10.6 Å². The van der Waals surface area contributed by atoms with Crippen molar-refractivity contribution in [3.63, 3.8) is 0 Å². The highest BCUT2D eigenvalue weighted by molar-refractivity contribution is 5.94. The van der Waals surface area contributed by atoms with E-state index in [2.05, 4.69) is 30.9 Å².